The molecule has 0 heterocycles. The number of halogens is 1. The second kappa shape index (κ2) is 5.17. The predicted octanol–water partition coefficient (Wildman–Crippen LogP) is 1.69. The highest BCUT2D eigenvalue weighted by Crippen LogP contribution is 2.31. The molecule has 0 unspecified atom stereocenters. The molecular weight excluding hydrogens is 251 g/mol. The summed E-state index contributed by atoms with van der Waals surface area (Å²) in [5.41, 5.74) is -2.00. The molecule has 18 heavy (non-hydrogen) atoms. The molecule has 8 nitrogen and oxygen atoms in total. The Labute approximate surface area is 99.3 Å². The van der Waals surface area contributed by atoms with E-state index in [1.54, 1.807) is 0 Å². The number of methoxy groups -OCH3 is 1. The molecule has 9 heteroatoms. The average Bonchev–Trinajstić information content (AvgIpc) is 2.35. The molecule has 1 aromatic rings. The minimum atomic E-state index is -2.36. The molecule has 96 valence electrons. The molecular formula is C9H7FN2O6. The van der Waals surface area contributed by atoms with Crippen molar-refractivity contribution in [1.82, 2.24) is 0 Å². The first kappa shape index (κ1) is 13.5. The van der Waals surface area contributed by atoms with E-state index in [-0.39, 0.29) is 0 Å². The van der Waals surface area contributed by atoms with Crippen LogP contribution in [0.15, 0.2) is 18.2 Å². The fourth-order valence-corrected chi connectivity index (χ4v) is 1.25. The summed E-state index contributed by atoms with van der Waals surface area (Å²) in [5, 5.41) is 21.1. The number of carbonyl (C=O) groups excluding carboxylic acids is 1. The number of benzene rings is 1. The number of non-ortho nitro benzene ring substituents is 1. The third kappa shape index (κ3) is 2.56. The number of ether oxygens (including phenoxy) is 1. The van der Waals surface area contributed by atoms with Gasteiger partial charge in [0.2, 0.25) is 6.17 Å². The van der Waals surface area contributed by atoms with Crippen LogP contribution in [-0.4, -0.2) is 22.9 Å². The Kier molecular flexibility index (Phi) is 3.87. The smallest absolute Gasteiger partial charge is 0.345 e. The van der Waals surface area contributed by atoms with Crippen molar-refractivity contribution >= 4 is 17.3 Å². The van der Waals surface area contributed by atoms with E-state index in [1.807, 2.05) is 0 Å². The maximum atomic E-state index is 13.5. The van der Waals surface area contributed by atoms with E-state index in [9.17, 15) is 29.4 Å². The van der Waals surface area contributed by atoms with Crippen LogP contribution in [0, 0.1) is 20.2 Å². The van der Waals surface area contributed by atoms with Crippen LogP contribution in [0.25, 0.3) is 0 Å². The van der Waals surface area contributed by atoms with Gasteiger partial charge >= 0.3 is 5.97 Å². The minimum Gasteiger partial charge on any atom is -0.467 e. The van der Waals surface area contributed by atoms with Gasteiger partial charge in [0.05, 0.1) is 28.6 Å². The second-order valence-corrected chi connectivity index (χ2v) is 3.14. The van der Waals surface area contributed by atoms with Crippen molar-refractivity contribution < 1.29 is 23.8 Å². The molecule has 0 bridgehead atoms. The SMILES string of the molecule is COC(=O)[C@@H](F)c1ccc([N+](=O)[O-])cc1[N+](=O)[O-]. The molecule has 0 saturated heterocycles. The van der Waals surface area contributed by atoms with Gasteiger partial charge in [-0.2, -0.15) is 0 Å². The average molecular weight is 258 g/mol. The Morgan fingerprint density at radius 2 is 1.94 bits per heavy atom. The lowest BCUT2D eigenvalue weighted by atomic mass is 10.1. The van der Waals surface area contributed by atoms with Crippen LogP contribution in [0.4, 0.5) is 15.8 Å². The molecule has 0 radical (unpaired) electrons. The summed E-state index contributed by atoms with van der Waals surface area (Å²) in [6.45, 7) is 0. The van der Waals surface area contributed by atoms with Crippen molar-refractivity contribution in [3.05, 3.63) is 44.0 Å². The lowest BCUT2D eigenvalue weighted by Crippen LogP contribution is -2.11. The Balaban J connectivity index is 3.32. The van der Waals surface area contributed by atoms with Gasteiger partial charge in [0.25, 0.3) is 11.4 Å². The molecule has 0 fully saturated rings. The van der Waals surface area contributed by atoms with Crippen molar-refractivity contribution in [1.29, 1.82) is 0 Å². The number of alkyl halides is 1. The zero-order valence-corrected chi connectivity index (χ0v) is 9.03. The molecule has 1 aromatic carbocycles. The van der Waals surface area contributed by atoms with Gasteiger partial charge in [0.15, 0.2) is 0 Å². The molecule has 0 aliphatic carbocycles. The van der Waals surface area contributed by atoms with Crippen LogP contribution in [0.3, 0.4) is 0 Å². The van der Waals surface area contributed by atoms with Crippen LogP contribution in [0.1, 0.15) is 11.7 Å². The van der Waals surface area contributed by atoms with Crippen LogP contribution < -0.4 is 0 Å². The Morgan fingerprint density at radius 1 is 1.33 bits per heavy atom. The van der Waals surface area contributed by atoms with E-state index >= 15 is 0 Å². The van der Waals surface area contributed by atoms with E-state index in [2.05, 4.69) is 4.74 Å². The number of hydrogen-bond donors (Lipinski definition) is 0. The third-order valence-corrected chi connectivity index (χ3v) is 2.10. The van der Waals surface area contributed by atoms with Crippen LogP contribution in [0.2, 0.25) is 0 Å². The lowest BCUT2D eigenvalue weighted by Gasteiger charge is -2.06. The van der Waals surface area contributed by atoms with Crippen LogP contribution in [0.5, 0.6) is 0 Å². The molecule has 0 spiro atoms. The van der Waals surface area contributed by atoms with E-state index in [1.165, 1.54) is 0 Å². The monoisotopic (exact) mass is 258 g/mol. The van der Waals surface area contributed by atoms with Crippen LogP contribution in [-0.2, 0) is 9.53 Å². The van der Waals surface area contributed by atoms with Crippen LogP contribution >= 0.6 is 0 Å². The first-order chi connectivity index (χ1) is 8.38. The first-order valence-corrected chi connectivity index (χ1v) is 4.53. The summed E-state index contributed by atoms with van der Waals surface area (Å²) in [6.07, 6.45) is -2.36. The Hall–Kier alpha value is -2.58. The van der Waals surface area contributed by atoms with Gasteiger partial charge < -0.3 is 4.74 Å². The van der Waals surface area contributed by atoms with Crippen molar-refractivity contribution in [2.75, 3.05) is 7.11 Å². The van der Waals surface area contributed by atoms with E-state index in [4.69, 9.17) is 0 Å². The van der Waals surface area contributed by atoms with E-state index in [0.717, 1.165) is 19.2 Å². The summed E-state index contributed by atoms with van der Waals surface area (Å²) >= 11 is 0. The molecule has 0 saturated carbocycles. The summed E-state index contributed by atoms with van der Waals surface area (Å²) in [6, 6.07) is 2.28. The molecule has 0 N–H and O–H groups in total. The Morgan fingerprint density at radius 3 is 2.39 bits per heavy atom. The van der Waals surface area contributed by atoms with Gasteiger partial charge in [-0.15, -0.1) is 0 Å². The van der Waals surface area contributed by atoms with E-state index < -0.39 is 38.9 Å². The third-order valence-electron chi connectivity index (χ3n) is 2.10. The van der Waals surface area contributed by atoms with Gasteiger partial charge in [0.1, 0.15) is 0 Å². The topological polar surface area (TPSA) is 113 Å². The van der Waals surface area contributed by atoms with Gasteiger partial charge in [0, 0.05) is 6.07 Å². The molecule has 0 aliphatic heterocycles. The lowest BCUT2D eigenvalue weighted by molar-refractivity contribution is -0.394. The molecule has 0 aromatic heterocycles. The highest BCUT2D eigenvalue weighted by Gasteiger charge is 2.30. The predicted molar refractivity (Wildman–Crippen MR) is 55.6 cm³/mol. The van der Waals surface area contributed by atoms with Crippen molar-refractivity contribution in [2.45, 2.75) is 6.17 Å². The van der Waals surface area contributed by atoms with Gasteiger partial charge in [-0.3, -0.25) is 20.2 Å². The second-order valence-electron chi connectivity index (χ2n) is 3.14. The number of nitrogens with zero attached hydrogens (tertiary/aromatic N) is 2. The van der Waals surface area contributed by atoms with Gasteiger partial charge in [-0.1, -0.05) is 0 Å². The summed E-state index contributed by atoms with van der Waals surface area (Å²) in [7, 11) is 0.923. The molecule has 1 atom stereocenters. The molecule has 0 aliphatic rings. The fraction of sp³-hybridized carbons (Fsp3) is 0.222. The number of esters is 1. The number of carbonyl (C=O) groups is 1. The summed E-state index contributed by atoms with van der Waals surface area (Å²) in [5.74, 6) is -1.31. The van der Waals surface area contributed by atoms with Crippen molar-refractivity contribution in [2.24, 2.45) is 0 Å². The number of hydrogen-bond acceptors (Lipinski definition) is 6. The highest BCUT2D eigenvalue weighted by atomic mass is 19.1. The molecule has 0 amide bonds. The minimum absolute atomic E-state index is 0.567. The van der Waals surface area contributed by atoms with Gasteiger partial charge in [-0.05, 0) is 6.07 Å². The largest absolute Gasteiger partial charge is 0.467 e. The first-order valence-electron chi connectivity index (χ1n) is 4.53. The van der Waals surface area contributed by atoms with Crippen molar-refractivity contribution in [3.63, 3.8) is 0 Å². The highest BCUT2D eigenvalue weighted by molar-refractivity contribution is 5.78. The zero-order valence-electron chi connectivity index (χ0n) is 9.03. The number of rotatable bonds is 4. The van der Waals surface area contributed by atoms with E-state index in [0.29, 0.717) is 6.07 Å². The zero-order chi connectivity index (χ0) is 13.9. The number of nitro benzene ring substituents is 2. The summed E-state index contributed by atoms with van der Waals surface area (Å²) in [4.78, 5) is 30.2. The normalized spacial score (nSPS) is 11.7. The standard InChI is InChI=1S/C9H7FN2O6/c1-18-9(13)8(10)6-3-2-5(11(14)15)4-7(6)12(16)17/h2-4,8H,1H3/t8-/m0/s1. The molecule has 1 rings (SSSR count). The maximum Gasteiger partial charge on any atom is 0.345 e. The quantitative estimate of drug-likeness (QED) is 0.461. The number of nitro groups is 2. The fourth-order valence-electron chi connectivity index (χ4n) is 1.25. The Bertz CT molecular complexity index is 518. The van der Waals surface area contributed by atoms with Gasteiger partial charge in [-0.25, -0.2) is 9.18 Å². The summed E-state index contributed by atoms with van der Waals surface area (Å²) < 4.78 is 17.6. The maximum absolute atomic E-state index is 13.5. The van der Waals surface area contributed by atoms with Crippen molar-refractivity contribution in [3.8, 4) is 0 Å².